The van der Waals surface area contributed by atoms with Crippen molar-refractivity contribution in [1.82, 2.24) is 0 Å². The van der Waals surface area contributed by atoms with Gasteiger partial charge < -0.3 is 14.2 Å². The van der Waals surface area contributed by atoms with E-state index in [0.717, 1.165) is 77.0 Å². The maximum Gasteiger partial charge on any atom is 0.306 e. The summed E-state index contributed by atoms with van der Waals surface area (Å²) in [4.78, 5) is 25.1. The number of carbonyl (C=O) groups excluding carboxylic acids is 2. The Bertz CT molecular complexity index is 935. The lowest BCUT2D eigenvalue weighted by atomic mass is 10.1. The standard InChI is InChI=1S/C51H92O5/c1-4-7-10-13-15-17-19-21-23-25-27-29-31-33-35-37-40-43-46-54-47-49(56-51(53)45-42-38-12-9-6-3)48-55-50(52)44-41-39-36-34-32-30-28-26-24-22-20-18-16-14-11-8-5-2/h8,11,16,18,21-24,49H,4-7,9-10,12-15,17,19-20,25-48H2,1-3H3/b11-8-,18-16-,23-21-,24-22-. The van der Waals surface area contributed by atoms with Crippen LogP contribution in [0.5, 0.6) is 0 Å². The van der Waals surface area contributed by atoms with Gasteiger partial charge in [0.25, 0.3) is 0 Å². The Morgan fingerprint density at radius 3 is 1.30 bits per heavy atom. The molecule has 0 aliphatic carbocycles. The van der Waals surface area contributed by atoms with Crippen LogP contribution in [0.2, 0.25) is 0 Å². The van der Waals surface area contributed by atoms with Gasteiger partial charge in [-0.1, -0.05) is 198 Å². The number of allylic oxidation sites excluding steroid dienone is 8. The number of esters is 2. The molecule has 0 rings (SSSR count). The van der Waals surface area contributed by atoms with Crippen molar-refractivity contribution >= 4 is 11.9 Å². The molecule has 0 radical (unpaired) electrons. The Balaban J connectivity index is 4.03. The summed E-state index contributed by atoms with van der Waals surface area (Å²) in [7, 11) is 0. The van der Waals surface area contributed by atoms with E-state index in [-0.39, 0.29) is 25.2 Å². The third kappa shape index (κ3) is 44.6. The third-order valence-corrected chi connectivity index (χ3v) is 10.3. The lowest BCUT2D eigenvalue weighted by Gasteiger charge is -2.18. The van der Waals surface area contributed by atoms with Crippen LogP contribution in [0.15, 0.2) is 48.6 Å². The second-order valence-electron chi connectivity index (χ2n) is 16.0. The van der Waals surface area contributed by atoms with E-state index in [1.807, 2.05) is 0 Å². The average molecular weight is 785 g/mol. The molecule has 0 fully saturated rings. The SMILES string of the molecule is CC/C=C\C/C=C\C/C=C\CCCCCCCCCC(=O)OCC(COCCCCCCCCCC/C=C\CCCCCCCC)OC(=O)CCCCCCC. The summed E-state index contributed by atoms with van der Waals surface area (Å²) in [5, 5.41) is 0. The molecule has 1 atom stereocenters. The highest BCUT2D eigenvalue weighted by Crippen LogP contribution is 2.14. The van der Waals surface area contributed by atoms with Crippen LogP contribution in [0.3, 0.4) is 0 Å². The van der Waals surface area contributed by atoms with Gasteiger partial charge in [0, 0.05) is 19.4 Å². The van der Waals surface area contributed by atoms with E-state index in [4.69, 9.17) is 14.2 Å². The molecule has 0 aromatic rings. The first-order chi connectivity index (χ1) is 27.6. The highest BCUT2D eigenvalue weighted by Gasteiger charge is 2.17. The maximum atomic E-state index is 12.6. The molecular weight excluding hydrogens is 693 g/mol. The van der Waals surface area contributed by atoms with Gasteiger partial charge in [0.2, 0.25) is 0 Å². The van der Waals surface area contributed by atoms with E-state index in [1.165, 1.54) is 128 Å². The molecule has 5 heteroatoms. The molecule has 0 bridgehead atoms. The van der Waals surface area contributed by atoms with Gasteiger partial charge in [0.05, 0.1) is 6.61 Å². The molecule has 0 spiro atoms. The molecule has 1 unspecified atom stereocenters. The maximum absolute atomic E-state index is 12.6. The second kappa shape index (κ2) is 47.2. The highest BCUT2D eigenvalue weighted by atomic mass is 16.6. The minimum Gasteiger partial charge on any atom is -0.462 e. The zero-order valence-corrected chi connectivity index (χ0v) is 37.4. The topological polar surface area (TPSA) is 61.8 Å². The van der Waals surface area contributed by atoms with Gasteiger partial charge in [-0.3, -0.25) is 9.59 Å². The van der Waals surface area contributed by atoms with Crippen molar-refractivity contribution in [1.29, 1.82) is 0 Å². The fourth-order valence-corrected chi connectivity index (χ4v) is 6.75. The predicted octanol–water partition coefficient (Wildman–Crippen LogP) is 16.0. The van der Waals surface area contributed by atoms with E-state index in [0.29, 0.717) is 19.4 Å². The molecule has 0 aliphatic rings. The summed E-state index contributed by atoms with van der Waals surface area (Å²) >= 11 is 0. The van der Waals surface area contributed by atoms with Crippen LogP contribution in [0.25, 0.3) is 0 Å². The number of rotatable bonds is 44. The quantitative estimate of drug-likeness (QED) is 0.0350. The smallest absolute Gasteiger partial charge is 0.306 e. The molecule has 0 aromatic heterocycles. The monoisotopic (exact) mass is 785 g/mol. The van der Waals surface area contributed by atoms with Gasteiger partial charge in [0.1, 0.15) is 6.61 Å². The molecule has 5 nitrogen and oxygen atoms in total. The first kappa shape index (κ1) is 53.9. The summed E-state index contributed by atoms with van der Waals surface area (Å²) in [6, 6.07) is 0. The summed E-state index contributed by atoms with van der Waals surface area (Å²) < 4.78 is 17.2. The average Bonchev–Trinajstić information content (AvgIpc) is 3.20. The fourth-order valence-electron chi connectivity index (χ4n) is 6.75. The molecule has 56 heavy (non-hydrogen) atoms. The van der Waals surface area contributed by atoms with Gasteiger partial charge in [-0.25, -0.2) is 0 Å². The van der Waals surface area contributed by atoms with Crippen molar-refractivity contribution in [2.24, 2.45) is 0 Å². The normalized spacial score (nSPS) is 12.6. The summed E-state index contributed by atoms with van der Waals surface area (Å²) in [5.74, 6) is -0.417. The van der Waals surface area contributed by atoms with Crippen molar-refractivity contribution in [2.75, 3.05) is 19.8 Å². The fraction of sp³-hybridized carbons (Fsp3) is 0.804. The summed E-state index contributed by atoms with van der Waals surface area (Å²) in [6.07, 6.45) is 57.1. The lowest BCUT2D eigenvalue weighted by Crippen LogP contribution is -2.30. The zero-order chi connectivity index (χ0) is 40.7. The van der Waals surface area contributed by atoms with Gasteiger partial charge in [-0.15, -0.1) is 0 Å². The van der Waals surface area contributed by atoms with Gasteiger partial charge in [0.15, 0.2) is 6.10 Å². The van der Waals surface area contributed by atoms with Crippen LogP contribution < -0.4 is 0 Å². The summed E-state index contributed by atoms with van der Waals surface area (Å²) in [6.45, 7) is 7.64. The van der Waals surface area contributed by atoms with E-state index >= 15 is 0 Å². The van der Waals surface area contributed by atoms with Crippen LogP contribution in [-0.2, 0) is 23.8 Å². The van der Waals surface area contributed by atoms with Gasteiger partial charge in [-0.2, -0.15) is 0 Å². The van der Waals surface area contributed by atoms with Crippen LogP contribution in [0.4, 0.5) is 0 Å². The van der Waals surface area contributed by atoms with E-state index in [1.54, 1.807) is 0 Å². The van der Waals surface area contributed by atoms with Crippen LogP contribution in [-0.4, -0.2) is 37.9 Å². The lowest BCUT2D eigenvalue weighted by molar-refractivity contribution is -0.163. The van der Waals surface area contributed by atoms with Crippen LogP contribution >= 0.6 is 0 Å². The molecule has 0 aromatic carbocycles. The molecule has 0 aliphatic heterocycles. The first-order valence-corrected chi connectivity index (χ1v) is 24.2. The Morgan fingerprint density at radius 2 is 0.804 bits per heavy atom. The molecule has 0 heterocycles. The Morgan fingerprint density at radius 1 is 0.411 bits per heavy atom. The molecule has 326 valence electrons. The van der Waals surface area contributed by atoms with Crippen molar-refractivity contribution in [3.05, 3.63) is 48.6 Å². The van der Waals surface area contributed by atoms with Crippen molar-refractivity contribution in [3.8, 4) is 0 Å². The third-order valence-electron chi connectivity index (χ3n) is 10.3. The number of hydrogen-bond donors (Lipinski definition) is 0. The molecule has 0 saturated carbocycles. The van der Waals surface area contributed by atoms with E-state index < -0.39 is 6.10 Å². The minimum absolute atomic E-state index is 0.0797. The minimum atomic E-state index is -0.535. The van der Waals surface area contributed by atoms with Crippen LogP contribution in [0.1, 0.15) is 239 Å². The highest BCUT2D eigenvalue weighted by molar-refractivity contribution is 5.70. The predicted molar refractivity (Wildman–Crippen MR) is 242 cm³/mol. The second-order valence-corrected chi connectivity index (χ2v) is 16.0. The molecule has 0 amide bonds. The van der Waals surface area contributed by atoms with Crippen molar-refractivity contribution in [2.45, 2.75) is 245 Å². The van der Waals surface area contributed by atoms with Crippen LogP contribution in [0, 0.1) is 0 Å². The van der Waals surface area contributed by atoms with E-state index in [2.05, 4.69) is 69.4 Å². The number of hydrogen-bond acceptors (Lipinski definition) is 5. The molecule has 0 N–H and O–H groups in total. The number of ether oxygens (including phenoxy) is 3. The van der Waals surface area contributed by atoms with Gasteiger partial charge in [-0.05, 0) is 77.0 Å². The Labute approximate surface area is 348 Å². The Hall–Kier alpha value is -2.14. The van der Waals surface area contributed by atoms with Gasteiger partial charge >= 0.3 is 11.9 Å². The zero-order valence-electron chi connectivity index (χ0n) is 37.4. The number of carbonyl (C=O) groups is 2. The summed E-state index contributed by atoms with van der Waals surface area (Å²) in [5.41, 5.74) is 0. The van der Waals surface area contributed by atoms with Crippen molar-refractivity contribution < 1.29 is 23.8 Å². The number of unbranched alkanes of at least 4 members (excludes halogenated alkanes) is 25. The first-order valence-electron chi connectivity index (χ1n) is 24.2. The van der Waals surface area contributed by atoms with E-state index in [9.17, 15) is 9.59 Å². The molecule has 0 saturated heterocycles. The Kier molecular flexibility index (Phi) is 45.4. The van der Waals surface area contributed by atoms with Crippen molar-refractivity contribution in [3.63, 3.8) is 0 Å². The largest absolute Gasteiger partial charge is 0.462 e. The molecular formula is C51H92O5.